The molecule has 0 bridgehead atoms. The molecule has 1 fully saturated rings. The van der Waals surface area contributed by atoms with Gasteiger partial charge < -0.3 is 9.80 Å². The van der Waals surface area contributed by atoms with Crippen molar-refractivity contribution in [2.45, 2.75) is 25.6 Å². The Balaban J connectivity index is 1.88. The predicted octanol–water partition coefficient (Wildman–Crippen LogP) is 3.65. The highest BCUT2D eigenvalue weighted by atomic mass is 19.4. The second-order valence-electron chi connectivity index (χ2n) is 7.31. The number of fused-ring (bicyclic) bond motifs is 3. The van der Waals surface area contributed by atoms with Gasteiger partial charge in [0.2, 0.25) is 0 Å². The van der Waals surface area contributed by atoms with Gasteiger partial charge in [-0.1, -0.05) is 6.08 Å². The average Bonchev–Trinajstić information content (AvgIpc) is 2.82. The first-order valence-electron chi connectivity index (χ1n) is 9.21. The first-order chi connectivity index (χ1) is 13.3. The summed E-state index contributed by atoms with van der Waals surface area (Å²) in [5, 5.41) is 0. The molecule has 150 valence electrons. The summed E-state index contributed by atoms with van der Waals surface area (Å²) < 4.78 is 54.6. The molecular formula is C19H21F4N5. The van der Waals surface area contributed by atoms with Crippen LogP contribution >= 0.6 is 0 Å². The van der Waals surface area contributed by atoms with Crippen LogP contribution in [-0.4, -0.2) is 60.7 Å². The van der Waals surface area contributed by atoms with E-state index in [2.05, 4.69) is 19.8 Å². The van der Waals surface area contributed by atoms with Gasteiger partial charge in [-0.15, -0.1) is 0 Å². The van der Waals surface area contributed by atoms with Crippen molar-refractivity contribution in [2.75, 3.05) is 38.1 Å². The van der Waals surface area contributed by atoms with Crippen LogP contribution in [0.2, 0.25) is 0 Å². The van der Waals surface area contributed by atoms with Crippen LogP contribution in [0.15, 0.2) is 34.4 Å². The number of piperazine rings is 1. The third-order valence-corrected chi connectivity index (χ3v) is 5.17. The number of rotatable bonds is 0. The second kappa shape index (κ2) is 6.88. The molecule has 0 aromatic heterocycles. The zero-order valence-corrected chi connectivity index (χ0v) is 15.7. The Morgan fingerprint density at radius 2 is 1.79 bits per heavy atom. The number of hydrogen-bond donors (Lipinski definition) is 0. The molecule has 1 aromatic rings. The van der Waals surface area contributed by atoms with Crippen molar-refractivity contribution in [1.29, 1.82) is 0 Å². The molecule has 3 heterocycles. The maximum absolute atomic E-state index is 14.9. The van der Waals surface area contributed by atoms with Crippen molar-refractivity contribution in [2.24, 2.45) is 9.98 Å². The van der Waals surface area contributed by atoms with Gasteiger partial charge in [0.05, 0.1) is 17.3 Å². The molecule has 1 aromatic carbocycles. The number of benzene rings is 1. The Labute approximate surface area is 160 Å². The topological polar surface area (TPSA) is 34.4 Å². The van der Waals surface area contributed by atoms with Gasteiger partial charge in [-0.3, -0.25) is 9.89 Å². The summed E-state index contributed by atoms with van der Waals surface area (Å²) in [4.78, 5) is 14.9. The number of anilines is 1. The molecule has 4 rings (SSSR count). The summed E-state index contributed by atoms with van der Waals surface area (Å²) in [5.41, 5.74) is -1.32. The summed E-state index contributed by atoms with van der Waals surface area (Å²) in [7, 11) is 2.03. The average molecular weight is 395 g/mol. The van der Waals surface area contributed by atoms with Gasteiger partial charge in [0.15, 0.2) is 17.5 Å². The van der Waals surface area contributed by atoms with E-state index in [0.29, 0.717) is 18.1 Å². The van der Waals surface area contributed by atoms with Gasteiger partial charge in [0, 0.05) is 32.4 Å². The Kier molecular flexibility index (Phi) is 4.65. The number of aliphatic imine (C=N–C) groups is 2. The van der Waals surface area contributed by atoms with Crippen LogP contribution in [0.25, 0.3) is 0 Å². The Bertz CT molecular complexity index is 866. The van der Waals surface area contributed by atoms with E-state index in [-0.39, 0.29) is 17.4 Å². The lowest BCUT2D eigenvalue weighted by Crippen LogP contribution is -2.53. The molecule has 0 saturated carbocycles. The van der Waals surface area contributed by atoms with Crippen LogP contribution in [0.5, 0.6) is 0 Å². The van der Waals surface area contributed by atoms with Gasteiger partial charge in [0.1, 0.15) is 5.69 Å². The lowest BCUT2D eigenvalue weighted by molar-refractivity contribution is -0.139. The number of hydrogen-bond acceptors (Lipinski definition) is 5. The van der Waals surface area contributed by atoms with Crippen LogP contribution in [0.1, 0.15) is 18.9 Å². The Morgan fingerprint density at radius 3 is 2.46 bits per heavy atom. The van der Waals surface area contributed by atoms with Gasteiger partial charge in [-0.25, -0.2) is 9.38 Å². The van der Waals surface area contributed by atoms with Crippen molar-refractivity contribution < 1.29 is 17.6 Å². The highest BCUT2D eigenvalue weighted by Crippen LogP contribution is 2.43. The van der Waals surface area contributed by atoms with Gasteiger partial charge >= 0.3 is 6.18 Å². The maximum Gasteiger partial charge on any atom is 0.419 e. The van der Waals surface area contributed by atoms with Crippen LogP contribution in [0.3, 0.4) is 0 Å². The van der Waals surface area contributed by atoms with E-state index in [4.69, 9.17) is 0 Å². The van der Waals surface area contributed by atoms with Crippen LogP contribution in [0, 0.1) is 5.82 Å². The number of halogens is 4. The van der Waals surface area contributed by atoms with E-state index in [1.54, 1.807) is 12.3 Å². The molecule has 0 aliphatic carbocycles. The number of amidine groups is 2. The molecule has 5 nitrogen and oxygen atoms in total. The largest absolute Gasteiger partial charge is 0.419 e. The summed E-state index contributed by atoms with van der Waals surface area (Å²) >= 11 is 0. The Morgan fingerprint density at radius 1 is 1.07 bits per heavy atom. The standard InChI is InChI=1S/C19H21F4N5/c1-12-4-3-7-28-16-14(6-5-13(15(16)20)19(21,22)23)25-17(18(28)24-12)27-10-8-26(2)9-11-27/h3,5-7,12H,4,8-11H2,1-2H3. The molecule has 0 N–H and O–H groups in total. The van der Waals surface area contributed by atoms with E-state index in [0.717, 1.165) is 32.2 Å². The maximum atomic E-state index is 14.9. The molecule has 0 spiro atoms. The molecule has 1 atom stereocenters. The molecule has 9 heteroatoms. The van der Waals surface area contributed by atoms with E-state index in [9.17, 15) is 17.6 Å². The molecule has 1 saturated heterocycles. The van der Waals surface area contributed by atoms with E-state index >= 15 is 0 Å². The number of nitrogens with zero attached hydrogens (tertiary/aromatic N) is 5. The first kappa shape index (κ1) is 18.9. The van der Waals surface area contributed by atoms with E-state index in [1.165, 1.54) is 11.0 Å². The predicted molar refractivity (Wildman–Crippen MR) is 101 cm³/mol. The third kappa shape index (κ3) is 3.28. The highest BCUT2D eigenvalue weighted by molar-refractivity contribution is 6.47. The minimum atomic E-state index is -4.78. The fraction of sp³-hybridized carbons (Fsp3) is 0.474. The van der Waals surface area contributed by atoms with E-state index in [1.807, 2.05) is 14.0 Å². The molecule has 3 aliphatic heterocycles. The van der Waals surface area contributed by atoms with Crippen LogP contribution in [-0.2, 0) is 6.18 Å². The van der Waals surface area contributed by atoms with Crippen molar-refractivity contribution in [3.05, 3.63) is 35.8 Å². The second-order valence-corrected chi connectivity index (χ2v) is 7.31. The molecule has 1 unspecified atom stereocenters. The van der Waals surface area contributed by atoms with Gasteiger partial charge in [-0.05, 0) is 32.5 Å². The fourth-order valence-electron chi connectivity index (χ4n) is 3.59. The molecular weight excluding hydrogens is 374 g/mol. The lowest BCUT2D eigenvalue weighted by atomic mass is 10.1. The van der Waals surface area contributed by atoms with Crippen molar-refractivity contribution >= 4 is 23.0 Å². The first-order valence-corrected chi connectivity index (χ1v) is 9.21. The summed E-state index contributed by atoms with van der Waals surface area (Å²) in [6.45, 7) is 5.04. The highest BCUT2D eigenvalue weighted by Gasteiger charge is 2.40. The monoisotopic (exact) mass is 395 g/mol. The summed E-state index contributed by atoms with van der Waals surface area (Å²) in [5.74, 6) is -0.340. The van der Waals surface area contributed by atoms with Crippen molar-refractivity contribution in [3.8, 4) is 0 Å². The third-order valence-electron chi connectivity index (χ3n) is 5.17. The summed E-state index contributed by atoms with van der Waals surface area (Å²) in [6, 6.07) is 1.91. The molecule has 0 amide bonds. The van der Waals surface area contributed by atoms with Gasteiger partial charge in [0.25, 0.3) is 0 Å². The molecule has 0 radical (unpaired) electrons. The summed E-state index contributed by atoms with van der Waals surface area (Å²) in [6.07, 6.45) is -0.751. The Hall–Kier alpha value is -2.42. The fourth-order valence-corrected chi connectivity index (χ4v) is 3.59. The minimum absolute atomic E-state index is 0.0793. The quantitative estimate of drug-likeness (QED) is 0.629. The van der Waals surface area contributed by atoms with E-state index < -0.39 is 17.6 Å². The van der Waals surface area contributed by atoms with Crippen molar-refractivity contribution in [3.63, 3.8) is 0 Å². The van der Waals surface area contributed by atoms with Crippen molar-refractivity contribution in [1.82, 2.24) is 9.80 Å². The zero-order chi connectivity index (χ0) is 20.1. The SMILES string of the molecule is CC1CC=CN2C(=N1)C(N1CCN(C)CC1)=Nc1ccc(C(F)(F)F)c(F)c12. The van der Waals surface area contributed by atoms with Gasteiger partial charge in [-0.2, -0.15) is 13.2 Å². The zero-order valence-electron chi connectivity index (χ0n) is 15.7. The smallest absolute Gasteiger partial charge is 0.351 e. The molecule has 3 aliphatic rings. The number of alkyl halides is 3. The lowest BCUT2D eigenvalue weighted by Gasteiger charge is -2.38. The minimum Gasteiger partial charge on any atom is -0.351 e. The normalized spacial score (nSPS) is 23.0. The van der Waals surface area contributed by atoms with Crippen LogP contribution in [0.4, 0.5) is 28.9 Å². The molecule has 28 heavy (non-hydrogen) atoms. The van der Waals surface area contributed by atoms with Crippen LogP contribution < -0.4 is 4.90 Å². The number of likely N-dealkylation sites (N-methyl/N-ethyl adjacent to an activating group) is 1.